The first-order valence-corrected chi connectivity index (χ1v) is 3.09. The summed E-state index contributed by atoms with van der Waals surface area (Å²) in [4.78, 5) is 10.5. The molecule has 0 spiro atoms. The normalized spacial score (nSPS) is 15.9. The molecule has 1 N–H and O–H groups in total. The number of hydrogen-bond acceptors (Lipinski definition) is 2. The molecule has 10 heavy (non-hydrogen) atoms. The molecule has 0 aliphatic rings. The third-order valence-electron chi connectivity index (χ3n) is 1.83. The summed E-state index contributed by atoms with van der Waals surface area (Å²) in [5.74, 6) is -1.21. The lowest BCUT2D eigenvalue weighted by atomic mass is 9.81. The minimum atomic E-state index is -1.24. The Balaban J connectivity index is 4.60. The lowest BCUT2D eigenvalue weighted by Crippen LogP contribution is -2.31. The molecular weight excluding hydrogens is 130 g/mol. The molecule has 0 aliphatic carbocycles. The van der Waals surface area contributed by atoms with Crippen molar-refractivity contribution in [3.63, 3.8) is 0 Å². The van der Waals surface area contributed by atoms with E-state index in [1.54, 1.807) is 19.9 Å². The minimum absolute atomic E-state index is 0.157. The molecule has 0 heterocycles. The molecule has 0 saturated carbocycles. The molecule has 3 nitrogen and oxygen atoms in total. The quantitative estimate of drug-likeness (QED) is 0.629. The first-order chi connectivity index (χ1) is 4.45. The molecule has 0 rings (SSSR count). The van der Waals surface area contributed by atoms with Crippen LogP contribution in [0.15, 0.2) is 0 Å². The zero-order chi connectivity index (χ0) is 8.36. The van der Waals surface area contributed by atoms with Crippen LogP contribution in [-0.4, -0.2) is 11.1 Å². The lowest BCUT2D eigenvalue weighted by Gasteiger charge is -2.19. The number of carbonyl (C=O) groups is 1. The van der Waals surface area contributed by atoms with Crippen molar-refractivity contribution in [3.8, 4) is 6.07 Å². The zero-order valence-corrected chi connectivity index (χ0v) is 6.38. The smallest absolute Gasteiger partial charge is 0.324 e. The molecule has 1 atom stereocenters. The monoisotopic (exact) mass is 141 g/mol. The Morgan fingerprint density at radius 2 is 2.10 bits per heavy atom. The van der Waals surface area contributed by atoms with Crippen molar-refractivity contribution < 1.29 is 9.90 Å². The molecule has 0 aromatic heterocycles. The largest absolute Gasteiger partial charge is 0.480 e. The van der Waals surface area contributed by atoms with Crippen LogP contribution in [0.4, 0.5) is 0 Å². The van der Waals surface area contributed by atoms with Gasteiger partial charge in [0.15, 0.2) is 5.41 Å². The van der Waals surface area contributed by atoms with E-state index in [4.69, 9.17) is 10.4 Å². The van der Waals surface area contributed by atoms with Gasteiger partial charge in [0.05, 0.1) is 6.07 Å². The molecule has 0 aromatic carbocycles. The van der Waals surface area contributed by atoms with E-state index in [-0.39, 0.29) is 5.92 Å². The Morgan fingerprint density at radius 3 is 2.10 bits per heavy atom. The molecule has 0 bridgehead atoms. The highest BCUT2D eigenvalue weighted by Crippen LogP contribution is 2.25. The van der Waals surface area contributed by atoms with Gasteiger partial charge >= 0.3 is 5.97 Å². The summed E-state index contributed by atoms with van der Waals surface area (Å²) in [5, 5.41) is 17.1. The Kier molecular flexibility index (Phi) is 2.42. The highest BCUT2D eigenvalue weighted by Gasteiger charge is 2.36. The van der Waals surface area contributed by atoms with E-state index < -0.39 is 11.4 Å². The fourth-order valence-electron chi connectivity index (χ4n) is 0.424. The highest BCUT2D eigenvalue weighted by atomic mass is 16.4. The van der Waals surface area contributed by atoms with E-state index in [2.05, 4.69) is 0 Å². The number of carboxylic acid groups (broad SMARTS) is 1. The Labute approximate surface area is 60.3 Å². The van der Waals surface area contributed by atoms with Gasteiger partial charge in [0.1, 0.15) is 0 Å². The standard InChI is InChI=1S/C7H11NO2/c1-5(2)7(3,4-8)6(9)10/h5H,1-3H3,(H,9,10). The van der Waals surface area contributed by atoms with E-state index >= 15 is 0 Å². The van der Waals surface area contributed by atoms with E-state index in [0.29, 0.717) is 0 Å². The van der Waals surface area contributed by atoms with Gasteiger partial charge in [-0.3, -0.25) is 4.79 Å². The van der Waals surface area contributed by atoms with Crippen LogP contribution in [0.1, 0.15) is 20.8 Å². The molecule has 1 unspecified atom stereocenters. The van der Waals surface area contributed by atoms with Crippen LogP contribution < -0.4 is 0 Å². The molecule has 56 valence electrons. The third kappa shape index (κ3) is 1.27. The van der Waals surface area contributed by atoms with Crippen molar-refractivity contribution in [2.75, 3.05) is 0 Å². The van der Waals surface area contributed by atoms with Gasteiger partial charge in [-0.15, -0.1) is 0 Å². The van der Waals surface area contributed by atoms with E-state index in [9.17, 15) is 4.79 Å². The summed E-state index contributed by atoms with van der Waals surface area (Å²) in [7, 11) is 0. The second kappa shape index (κ2) is 2.70. The van der Waals surface area contributed by atoms with Gasteiger partial charge in [0.2, 0.25) is 0 Å². The van der Waals surface area contributed by atoms with E-state index in [1.165, 1.54) is 6.92 Å². The molecule has 0 aliphatic heterocycles. The van der Waals surface area contributed by atoms with Crippen molar-refractivity contribution in [2.24, 2.45) is 11.3 Å². The number of nitriles is 1. The second-order valence-corrected chi connectivity index (χ2v) is 2.77. The number of hydrogen-bond donors (Lipinski definition) is 1. The number of carboxylic acids is 1. The van der Waals surface area contributed by atoms with Crippen molar-refractivity contribution in [3.05, 3.63) is 0 Å². The molecule has 0 amide bonds. The minimum Gasteiger partial charge on any atom is -0.480 e. The predicted octanol–water partition coefficient (Wildman–Crippen LogP) is 1.26. The van der Waals surface area contributed by atoms with Crippen molar-refractivity contribution in [1.29, 1.82) is 5.26 Å². The molecule has 0 aromatic rings. The van der Waals surface area contributed by atoms with Crippen LogP contribution in [0, 0.1) is 22.7 Å². The summed E-state index contributed by atoms with van der Waals surface area (Å²) < 4.78 is 0. The van der Waals surface area contributed by atoms with Crippen LogP contribution in [0.25, 0.3) is 0 Å². The predicted molar refractivity (Wildman–Crippen MR) is 36.2 cm³/mol. The maximum absolute atomic E-state index is 10.5. The maximum Gasteiger partial charge on any atom is 0.324 e. The summed E-state index contributed by atoms with van der Waals surface area (Å²) in [6, 6.07) is 1.78. The highest BCUT2D eigenvalue weighted by molar-refractivity contribution is 5.77. The summed E-state index contributed by atoms with van der Waals surface area (Å²) >= 11 is 0. The van der Waals surface area contributed by atoms with Crippen molar-refractivity contribution in [1.82, 2.24) is 0 Å². The second-order valence-electron chi connectivity index (χ2n) is 2.77. The fourth-order valence-corrected chi connectivity index (χ4v) is 0.424. The SMILES string of the molecule is CC(C)C(C)(C#N)C(=O)O. The third-order valence-corrected chi connectivity index (χ3v) is 1.83. The van der Waals surface area contributed by atoms with Crippen LogP contribution in [-0.2, 0) is 4.79 Å². The van der Waals surface area contributed by atoms with Crippen molar-refractivity contribution >= 4 is 5.97 Å². The number of aliphatic carboxylic acids is 1. The average Bonchev–Trinajstić information content (AvgIpc) is 1.85. The topological polar surface area (TPSA) is 61.1 Å². The summed E-state index contributed by atoms with van der Waals surface area (Å²) in [6.45, 7) is 4.87. The van der Waals surface area contributed by atoms with Crippen LogP contribution in [0.2, 0.25) is 0 Å². The molecular formula is C7H11NO2. The van der Waals surface area contributed by atoms with Gasteiger partial charge in [-0.1, -0.05) is 13.8 Å². The zero-order valence-electron chi connectivity index (χ0n) is 6.38. The first kappa shape index (κ1) is 8.96. The van der Waals surface area contributed by atoms with Gasteiger partial charge in [-0.25, -0.2) is 0 Å². The number of nitrogens with zero attached hydrogens (tertiary/aromatic N) is 1. The maximum atomic E-state index is 10.5. The van der Waals surface area contributed by atoms with Crippen LogP contribution >= 0.6 is 0 Å². The van der Waals surface area contributed by atoms with Gasteiger partial charge in [-0.05, 0) is 12.8 Å². The van der Waals surface area contributed by atoms with E-state index in [1.807, 2.05) is 0 Å². The Morgan fingerprint density at radius 1 is 1.70 bits per heavy atom. The first-order valence-electron chi connectivity index (χ1n) is 3.09. The van der Waals surface area contributed by atoms with Crippen LogP contribution in [0.5, 0.6) is 0 Å². The van der Waals surface area contributed by atoms with Gasteiger partial charge in [-0.2, -0.15) is 5.26 Å². The fraction of sp³-hybridized carbons (Fsp3) is 0.714. The van der Waals surface area contributed by atoms with Crippen LogP contribution in [0.3, 0.4) is 0 Å². The Bertz CT molecular complexity index is 181. The lowest BCUT2D eigenvalue weighted by molar-refractivity contribution is -0.146. The molecule has 3 heteroatoms. The van der Waals surface area contributed by atoms with Gasteiger partial charge in [0.25, 0.3) is 0 Å². The van der Waals surface area contributed by atoms with Gasteiger partial charge in [0, 0.05) is 0 Å². The average molecular weight is 141 g/mol. The van der Waals surface area contributed by atoms with Crippen molar-refractivity contribution in [2.45, 2.75) is 20.8 Å². The van der Waals surface area contributed by atoms with Gasteiger partial charge < -0.3 is 5.11 Å². The molecule has 0 fully saturated rings. The summed E-state index contributed by atoms with van der Waals surface area (Å²) in [6.07, 6.45) is 0. The Hall–Kier alpha value is -1.04. The molecule has 0 radical (unpaired) electrons. The number of rotatable bonds is 2. The van der Waals surface area contributed by atoms with E-state index in [0.717, 1.165) is 0 Å². The molecule has 0 saturated heterocycles. The summed E-state index contributed by atoms with van der Waals surface area (Å²) in [5.41, 5.74) is -1.24.